The molecule has 0 aliphatic heterocycles. The van der Waals surface area contributed by atoms with Crippen molar-refractivity contribution in [2.24, 2.45) is 0 Å². The predicted octanol–water partition coefficient (Wildman–Crippen LogP) is 4.56. The lowest BCUT2D eigenvalue weighted by atomic mass is 10.1. The lowest BCUT2D eigenvalue weighted by molar-refractivity contribution is -0.115. The maximum atomic E-state index is 12.4. The molecule has 6 nitrogen and oxygen atoms in total. The Balaban J connectivity index is 1.58. The fourth-order valence-electron chi connectivity index (χ4n) is 2.32. The summed E-state index contributed by atoms with van der Waals surface area (Å²) in [6, 6.07) is 15.1. The van der Waals surface area contributed by atoms with Gasteiger partial charge < -0.3 is 14.5 Å². The standard InChI is InChI=1S/C20H21N3O3S/c1-4-25-17-11-9-16(10-12-17)21-18(24)14(3)27-20-23-22-19(26-20)15-7-5-13(2)6-8-15/h5-12,14H,4H2,1-3H3,(H,21,24)/t14-/m0/s1. The zero-order valence-corrected chi connectivity index (χ0v) is 16.2. The van der Waals surface area contributed by atoms with Gasteiger partial charge >= 0.3 is 0 Å². The van der Waals surface area contributed by atoms with Crippen LogP contribution in [0.25, 0.3) is 11.5 Å². The Labute approximate surface area is 162 Å². The topological polar surface area (TPSA) is 77.2 Å². The van der Waals surface area contributed by atoms with Gasteiger partial charge in [0, 0.05) is 11.3 Å². The van der Waals surface area contributed by atoms with Crippen LogP contribution in [-0.4, -0.2) is 28.0 Å². The molecular weight excluding hydrogens is 362 g/mol. The van der Waals surface area contributed by atoms with Crippen molar-refractivity contribution in [3.8, 4) is 17.2 Å². The first-order valence-corrected chi connectivity index (χ1v) is 9.54. The smallest absolute Gasteiger partial charge is 0.277 e. The second-order valence-electron chi connectivity index (χ2n) is 5.95. The number of nitrogens with one attached hydrogen (secondary N) is 1. The SMILES string of the molecule is CCOc1ccc(NC(=O)[C@H](C)Sc2nnc(-c3ccc(C)cc3)o2)cc1. The molecule has 1 heterocycles. The van der Waals surface area contributed by atoms with Gasteiger partial charge in [-0.15, -0.1) is 10.2 Å². The van der Waals surface area contributed by atoms with Gasteiger partial charge in [0.1, 0.15) is 5.75 Å². The molecule has 140 valence electrons. The Morgan fingerprint density at radius 3 is 2.52 bits per heavy atom. The molecular formula is C20H21N3O3S. The Bertz CT molecular complexity index is 892. The predicted molar refractivity (Wildman–Crippen MR) is 106 cm³/mol. The van der Waals surface area contributed by atoms with Gasteiger partial charge in [-0.05, 0) is 57.2 Å². The number of rotatable bonds is 7. The molecule has 0 unspecified atom stereocenters. The molecule has 1 N–H and O–H groups in total. The Hall–Kier alpha value is -2.80. The van der Waals surface area contributed by atoms with Crippen molar-refractivity contribution in [3.63, 3.8) is 0 Å². The van der Waals surface area contributed by atoms with Crippen LogP contribution in [0.5, 0.6) is 5.75 Å². The normalized spacial score (nSPS) is 11.8. The fourth-order valence-corrected chi connectivity index (χ4v) is 3.00. The maximum absolute atomic E-state index is 12.4. The maximum Gasteiger partial charge on any atom is 0.277 e. The second-order valence-corrected chi connectivity index (χ2v) is 7.24. The van der Waals surface area contributed by atoms with Crippen LogP contribution in [0.4, 0.5) is 5.69 Å². The van der Waals surface area contributed by atoms with E-state index in [0.717, 1.165) is 16.9 Å². The van der Waals surface area contributed by atoms with Gasteiger partial charge in [-0.1, -0.05) is 29.5 Å². The number of hydrogen-bond acceptors (Lipinski definition) is 6. The molecule has 3 aromatic rings. The Morgan fingerprint density at radius 2 is 1.85 bits per heavy atom. The van der Waals surface area contributed by atoms with Crippen molar-refractivity contribution < 1.29 is 13.9 Å². The molecule has 7 heteroatoms. The monoisotopic (exact) mass is 383 g/mol. The molecule has 0 saturated heterocycles. The van der Waals surface area contributed by atoms with E-state index in [0.29, 0.717) is 23.4 Å². The average molecular weight is 383 g/mol. The summed E-state index contributed by atoms with van der Waals surface area (Å²) in [5.74, 6) is 1.07. The molecule has 0 bridgehead atoms. The van der Waals surface area contributed by atoms with Crippen LogP contribution in [-0.2, 0) is 4.79 Å². The van der Waals surface area contributed by atoms with Crippen LogP contribution in [0, 0.1) is 6.92 Å². The zero-order valence-electron chi connectivity index (χ0n) is 15.4. The molecule has 0 spiro atoms. The molecule has 0 radical (unpaired) electrons. The lowest BCUT2D eigenvalue weighted by Crippen LogP contribution is -2.22. The van der Waals surface area contributed by atoms with E-state index in [1.165, 1.54) is 11.8 Å². The van der Waals surface area contributed by atoms with Crippen molar-refractivity contribution in [3.05, 3.63) is 54.1 Å². The van der Waals surface area contributed by atoms with E-state index in [2.05, 4.69) is 15.5 Å². The van der Waals surface area contributed by atoms with Crippen LogP contribution in [0.2, 0.25) is 0 Å². The second kappa shape index (κ2) is 8.73. The van der Waals surface area contributed by atoms with Gasteiger partial charge in [-0.3, -0.25) is 4.79 Å². The molecule has 1 aromatic heterocycles. The van der Waals surface area contributed by atoms with E-state index < -0.39 is 0 Å². The first-order chi connectivity index (χ1) is 13.0. The van der Waals surface area contributed by atoms with Gasteiger partial charge in [0.25, 0.3) is 5.22 Å². The van der Waals surface area contributed by atoms with Crippen molar-refractivity contribution in [2.45, 2.75) is 31.2 Å². The summed E-state index contributed by atoms with van der Waals surface area (Å²) >= 11 is 1.22. The molecule has 3 rings (SSSR count). The Kier molecular flexibility index (Phi) is 6.13. The number of aryl methyl sites for hydroxylation is 1. The number of ether oxygens (including phenoxy) is 1. The molecule has 27 heavy (non-hydrogen) atoms. The summed E-state index contributed by atoms with van der Waals surface area (Å²) in [6.45, 7) is 6.35. The van der Waals surface area contributed by atoms with E-state index in [-0.39, 0.29) is 11.2 Å². The highest BCUT2D eigenvalue weighted by Gasteiger charge is 2.19. The average Bonchev–Trinajstić information content (AvgIpc) is 3.12. The molecule has 0 aliphatic rings. The summed E-state index contributed by atoms with van der Waals surface area (Å²) in [5, 5.41) is 10.9. The van der Waals surface area contributed by atoms with E-state index in [1.54, 1.807) is 6.92 Å². The summed E-state index contributed by atoms with van der Waals surface area (Å²) in [4.78, 5) is 12.4. The van der Waals surface area contributed by atoms with Crippen molar-refractivity contribution in [2.75, 3.05) is 11.9 Å². The number of amides is 1. The van der Waals surface area contributed by atoms with Crippen LogP contribution in [0.15, 0.2) is 58.2 Å². The summed E-state index contributed by atoms with van der Waals surface area (Å²) in [5.41, 5.74) is 2.72. The van der Waals surface area contributed by atoms with E-state index in [4.69, 9.17) is 9.15 Å². The van der Waals surface area contributed by atoms with Gasteiger partial charge in [-0.25, -0.2) is 0 Å². The van der Waals surface area contributed by atoms with Gasteiger partial charge in [-0.2, -0.15) is 0 Å². The van der Waals surface area contributed by atoms with E-state index in [1.807, 2.05) is 62.4 Å². The van der Waals surface area contributed by atoms with E-state index >= 15 is 0 Å². The highest BCUT2D eigenvalue weighted by molar-refractivity contribution is 8.00. The van der Waals surface area contributed by atoms with Gasteiger partial charge in [0.2, 0.25) is 11.8 Å². The molecule has 2 aromatic carbocycles. The number of carbonyl (C=O) groups excluding carboxylic acids is 1. The minimum Gasteiger partial charge on any atom is -0.494 e. The quantitative estimate of drug-likeness (QED) is 0.603. The Morgan fingerprint density at radius 1 is 1.15 bits per heavy atom. The van der Waals surface area contributed by atoms with Crippen molar-refractivity contribution >= 4 is 23.4 Å². The minimum absolute atomic E-state index is 0.140. The number of benzene rings is 2. The first-order valence-electron chi connectivity index (χ1n) is 8.66. The highest BCUT2D eigenvalue weighted by atomic mass is 32.2. The van der Waals surface area contributed by atoms with Crippen LogP contribution < -0.4 is 10.1 Å². The molecule has 0 aliphatic carbocycles. The first kappa shape index (κ1) is 19.0. The van der Waals surface area contributed by atoms with Crippen LogP contribution >= 0.6 is 11.8 Å². The van der Waals surface area contributed by atoms with Crippen molar-refractivity contribution in [1.82, 2.24) is 10.2 Å². The fraction of sp³-hybridized carbons (Fsp3) is 0.250. The van der Waals surface area contributed by atoms with E-state index in [9.17, 15) is 4.79 Å². The molecule has 0 fully saturated rings. The van der Waals surface area contributed by atoms with Gasteiger partial charge in [0.15, 0.2) is 0 Å². The molecule has 1 amide bonds. The number of aromatic nitrogens is 2. The number of anilines is 1. The lowest BCUT2D eigenvalue weighted by Gasteiger charge is -2.10. The number of thioether (sulfide) groups is 1. The number of carbonyl (C=O) groups is 1. The molecule has 0 saturated carbocycles. The number of nitrogens with zero attached hydrogens (tertiary/aromatic N) is 2. The minimum atomic E-state index is -0.386. The number of hydrogen-bond donors (Lipinski definition) is 1. The zero-order chi connectivity index (χ0) is 19.2. The third kappa shape index (κ3) is 5.10. The third-order valence-corrected chi connectivity index (χ3v) is 4.72. The highest BCUT2D eigenvalue weighted by Crippen LogP contribution is 2.27. The van der Waals surface area contributed by atoms with Crippen LogP contribution in [0.3, 0.4) is 0 Å². The largest absolute Gasteiger partial charge is 0.494 e. The summed E-state index contributed by atoms with van der Waals surface area (Å²) in [7, 11) is 0. The third-order valence-electron chi connectivity index (χ3n) is 3.78. The van der Waals surface area contributed by atoms with Gasteiger partial charge in [0.05, 0.1) is 11.9 Å². The molecule has 1 atom stereocenters. The summed E-state index contributed by atoms with van der Waals surface area (Å²) < 4.78 is 11.1. The summed E-state index contributed by atoms with van der Waals surface area (Å²) in [6.07, 6.45) is 0. The van der Waals surface area contributed by atoms with Crippen LogP contribution in [0.1, 0.15) is 19.4 Å². The van der Waals surface area contributed by atoms with Crippen molar-refractivity contribution in [1.29, 1.82) is 0 Å².